The molecule has 1 aliphatic rings. The largest absolute Gasteiger partial charge is 0.484 e. The van der Waals surface area contributed by atoms with Crippen molar-refractivity contribution < 1.29 is 17.9 Å². The molecule has 0 atom stereocenters. The highest BCUT2D eigenvalue weighted by atomic mass is 32.2. The van der Waals surface area contributed by atoms with Crippen LogP contribution in [-0.4, -0.2) is 33.3 Å². The van der Waals surface area contributed by atoms with Gasteiger partial charge in [-0.15, -0.1) is 0 Å². The number of amidine groups is 1. The highest BCUT2D eigenvalue weighted by Gasteiger charge is 2.17. The number of benzene rings is 2. The fourth-order valence-corrected chi connectivity index (χ4v) is 3.84. The Morgan fingerprint density at radius 3 is 2.50 bits per heavy atom. The molecule has 3 rings (SSSR count). The Morgan fingerprint density at radius 2 is 1.75 bits per heavy atom. The molecule has 2 N–H and O–H groups in total. The minimum atomic E-state index is -3.69. The Labute approximate surface area is 164 Å². The Morgan fingerprint density at radius 1 is 1.00 bits per heavy atom. The lowest BCUT2D eigenvalue weighted by molar-refractivity contribution is -0.118. The number of carbonyl (C=O) groups is 1. The number of carbonyl (C=O) groups excluding carboxylic acids is 1. The average molecular weight is 401 g/mol. The number of para-hydroxylation sites is 1. The zero-order chi connectivity index (χ0) is 19.8. The first-order valence-electron chi connectivity index (χ1n) is 9.17. The summed E-state index contributed by atoms with van der Waals surface area (Å²) in [4.78, 5) is 16.4. The summed E-state index contributed by atoms with van der Waals surface area (Å²) in [6.45, 7) is 0.513. The number of amides is 1. The molecule has 148 valence electrons. The molecule has 0 spiro atoms. The minimum Gasteiger partial charge on any atom is -0.484 e. The van der Waals surface area contributed by atoms with Crippen molar-refractivity contribution in [3.63, 3.8) is 0 Å². The van der Waals surface area contributed by atoms with Gasteiger partial charge in [0.1, 0.15) is 11.6 Å². The van der Waals surface area contributed by atoms with E-state index in [9.17, 15) is 13.2 Å². The van der Waals surface area contributed by atoms with E-state index in [-0.39, 0.29) is 17.4 Å². The van der Waals surface area contributed by atoms with Crippen LogP contribution in [0.25, 0.3) is 0 Å². The quantitative estimate of drug-likeness (QED) is 0.778. The molecule has 8 heteroatoms. The van der Waals surface area contributed by atoms with Crippen LogP contribution in [0, 0.1) is 0 Å². The summed E-state index contributed by atoms with van der Waals surface area (Å²) < 4.78 is 33.0. The Hall–Kier alpha value is -2.87. The smallest absolute Gasteiger partial charge is 0.262 e. The summed E-state index contributed by atoms with van der Waals surface area (Å²) in [7, 11) is -3.69. The van der Waals surface area contributed by atoms with Crippen LogP contribution in [0.3, 0.4) is 0 Å². The third-order valence-corrected chi connectivity index (χ3v) is 5.59. The van der Waals surface area contributed by atoms with Crippen molar-refractivity contribution in [2.24, 2.45) is 4.99 Å². The third-order valence-electron chi connectivity index (χ3n) is 4.19. The lowest BCUT2D eigenvalue weighted by Crippen LogP contribution is -2.30. The van der Waals surface area contributed by atoms with E-state index < -0.39 is 10.0 Å². The number of sulfonamides is 1. The molecule has 7 nitrogen and oxygen atoms in total. The van der Waals surface area contributed by atoms with Crippen molar-refractivity contribution in [3.05, 3.63) is 54.6 Å². The van der Waals surface area contributed by atoms with Gasteiger partial charge in [-0.25, -0.2) is 8.42 Å². The molecular formula is C20H23N3O4S. The second-order valence-electron chi connectivity index (χ2n) is 6.42. The molecule has 1 aliphatic heterocycles. The van der Waals surface area contributed by atoms with Gasteiger partial charge in [-0.05, 0) is 49.2 Å². The highest BCUT2D eigenvalue weighted by molar-refractivity contribution is 7.90. The minimum absolute atomic E-state index is 0.123. The van der Waals surface area contributed by atoms with E-state index in [2.05, 4.69) is 15.0 Å². The molecule has 2 aromatic carbocycles. The van der Waals surface area contributed by atoms with E-state index in [1.54, 1.807) is 24.3 Å². The van der Waals surface area contributed by atoms with Crippen molar-refractivity contribution in [2.45, 2.75) is 30.6 Å². The van der Waals surface area contributed by atoms with Gasteiger partial charge >= 0.3 is 0 Å². The van der Waals surface area contributed by atoms with Gasteiger partial charge in [0.2, 0.25) is 0 Å². The lowest BCUT2D eigenvalue weighted by Gasteiger charge is -2.11. The zero-order valence-corrected chi connectivity index (χ0v) is 16.2. The number of nitrogens with one attached hydrogen (secondary N) is 2. The van der Waals surface area contributed by atoms with Crippen molar-refractivity contribution in [3.8, 4) is 5.75 Å². The Kier molecular flexibility index (Phi) is 6.65. The molecular weight excluding hydrogens is 378 g/mol. The van der Waals surface area contributed by atoms with Gasteiger partial charge in [0, 0.05) is 18.7 Å². The predicted octanol–water partition coefficient (Wildman–Crippen LogP) is 2.95. The van der Waals surface area contributed by atoms with Crippen LogP contribution in [-0.2, 0) is 14.8 Å². The first-order valence-corrected chi connectivity index (χ1v) is 10.7. The maximum absolute atomic E-state index is 12.5. The van der Waals surface area contributed by atoms with Crippen LogP contribution < -0.4 is 14.8 Å². The second-order valence-corrected chi connectivity index (χ2v) is 8.10. The second kappa shape index (κ2) is 9.36. The number of hydrogen-bond donors (Lipinski definition) is 2. The molecule has 0 bridgehead atoms. The lowest BCUT2D eigenvalue weighted by atomic mass is 10.2. The fourth-order valence-electron chi connectivity index (χ4n) is 2.75. The van der Waals surface area contributed by atoms with E-state index in [1.807, 2.05) is 18.2 Å². The topological polar surface area (TPSA) is 96.9 Å². The van der Waals surface area contributed by atoms with Crippen molar-refractivity contribution in [1.82, 2.24) is 4.72 Å². The summed E-state index contributed by atoms with van der Waals surface area (Å²) in [6.07, 6.45) is 3.59. The maximum Gasteiger partial charge on any atom is 0.262 e. The third kappa shape index (κ3) is 5.82. The van der Waals surface area contributed by atoms with Crippen LogP contribution >= 0.6 is 0 Å². The standard InChI is InChI=1S/C20H23N3O4S/c24-20(15-27-17-7-3-1-4-8-17)22-16-10-12-18(13-11-16)28(25,26)23-19-9-5-2-6-14-21-19/h1,3-4,7-8,10-13H,2,5-6,9,14-15H2,(H,21,23)(H,22,24). The summed E-state index contributed by atoms with van der Waals surface area (Å²) in [5, 5.41) is 2.68. The van der Waals surface area contributed by atoms with Crippen molar-refractivity contribution in [1.29, 1.82) is 0 Å². The number of ether oxygens (including phenoxy) is 1. The Bertz CT molecular complexity index is 926. The number of aliphatic imine (C=N–C) groups is 1. The normalized spacial score (nSPS) is 14.5. The van der Waals surface area contributed by atoms with E-state index >= 15 is 0 Å². The fraction of sp³-hybridized carbons (Fsp3) is 0.300. The van der Waals surface area contributed by atoms with Gasteiger partial charge in [-0.1, -0.05) is 24.6 Å². The van der Waals surface area contributed by atoms with Crippen LogP contribution in [0.15, 0.2) is 64.5 Å². The molecule has 1 heterocycles. The van der Waals surface area contributed by atoms with Crippen LogP contribution in [0.1, 0.15) is 25.7 Å². The average Bonchev–Trinajstić information content (AvgIpc) is 2.96. The first kappa shape index (κ1) is 19.9. The molecule has 28 heavy (non-hydrogen) atoms. The molecule has 0 saturated carbocycles. The van der Waals surface area contributed by atoms with E-state index in [1.165, 1.54) is 12.1 Å². The molecule has 0 unspecified atom stereocenters. The van der Waals surface area contributed by atoms with Gasteiger partial charge in [0.25, 0.3) is 15.9 Å². The summed E-state index contributed by atoms with van der Waals surface area (Å²) in [5.74, 6) is 0.782. The predicted molar refractivity (Wildman–Crippen MR) is 108 cm³/mol. The molecule has 0 saturated heterocycles. The molecule has 0 fully saturated rings. The number of anilines is 1. The van der Waals surface area contributed by atoms with Gasteiger partial charge in [0.05, 0.1) is 4.90 Å². The molecule has 0 radical (unpaired) electrons. The summed E-state index contributed by atoms with van der Waals surface area (Å²) in [5.41, 5.74) is 0.493. The molecule has 0 aliphatic carbocycles. The van der Waals surface area contributed by atoms with Gasteiger partial charge < -0.3 is 10.1 Å². The van der Waals surface area contributed by atoms with Gasteiger partial charge in [-0.3, -0.25) is 14.5 Å². The molecule has 1 amide bonds. The number of rotatable bonds is 6. The summed E-state index contributed by atoms with van der Waals surface area (Å²) in [6, 6.07) is 15.0. The number of nitrogens with zero attached hydrogens (tertiary/aromatic N) is 1. The zero-order valence-electron chi connectivity index (χ0n) is 15.4. The highest BCUT2D eigenvalue weighted by Crippen LogP contribution is 2.16. The molecule has 0 aromatic heterocycles. The van der Waals surface area contributed by atoms with E-state index in [0.29, 0.717) is 30.2 Å². The van der Waals surface area contributed by atoms with Gasteiger partial charge in [-0.2, -0.15) is 0 Å². The maximum atomic E-state index is 12.5. The van der Waals surface area contributed by atoms with Crippen LogP contribution in [0.2, 0.25) is 0 Å². The van der Waals surface area contributed by atoms with Crippen LogP contribution in [0.4, 0.5) is 5.69 Å². The van der Waals surface area contributed by atoms with Crippen molar-refractivity contribution >= 4 is 27.5 Å². The molecule has 2 aromatic rings. The van der Waals surface area contributed by atoms with E-state index in [0.717, 1.165) is 19.3 Å². The Balaban J connectivity index is 1.56. The van der Waals surface area contributed by atoms with E-state index in [4.69, 9.17) is 4.74 Å². The monoisotopic (exact) mass is 401 g/mol. The van der Waals surface area contributed by atoms with Gasteiger partial charge in [0.15, 0.2) is 6.61 Å². The SMILES string of the molecule is O=C(COc1ccccc1)Nc1ccc(S(=O)(=O)NC2=NCCCCC2)cc1. The van der Waals surface area contributed by atoms with Crippen molar-refractivity contribution in [2.75, 3.05) is 18.5 Å². The number of hydrogen-bond acceptors (Lipinski definition) is 5. The first-order chi connectivity index (χ1) is 13.5. The van der Waals surface area contributed by atoms with Crippen LogP contribution in [0.5, 0.6) is 5.75 Å². The summed E-state index contributed by atoms with van der Waals surface area (Å²) >= 11 is 0.